The molecule has 0 amide bonds. The van der Waals surface area contributed by atoms with Crippen molar-refractivity contribution >= 4 is 0 Å². The maximum Gasteiger partial charge on any atom is 0.0545 e. The van der Waals surface area contributed by atoms with Gasteiger partial charge in [0.15, 0.2) is 0 Å². The van der Waals surface area contributed by atoms with E-state index in [0.717, 1.165) is 12.8 Å². The third-order valence-electron chi connectivity index (χ3n) is 3.18. The molecule has 1 atom stereocenters. The summed E-state index contributed by atoms with van der Waals surface area (Å²) in [6.07, 6.45) is 5.78. The zero-order valence-corrected chi connectivity index (χ0v) is 7.06. The molecular weight excluding hydrogens is 124 g/mol. The first-order valence-corrected chi connectivity index (χ1v) is 4.40. The lowest BCUT2D eigenvalue weighted by Gasteiger charge is -2.25. The van der Waals surface area contributed by atoms with E-state index in [1.54, 1.807) is 0 Å². The summed E-state index contributed by atoms with van der Waals surface area (Å²) in [5.41, 5.74) is 0.499. The maximum atomic E-state index is 9.33. The van der Waals surface area contributed by atoms with Gasteiger partial charge in [-0.25, -0.2) is 0 Å². The van der Waals surface area contributed by atoms with Crippen molar-refractivity contribution < 1.29 is 5.11 Å². The van der Waals surface area contributed by atoms with E-state index in [4.69, 9.17) is 0 Å². The van der Waals surface area contributed by atoms with E-state index in [-0.39, 0.29) is 6.10 Å². The summed E-state index contributed by atoms with van der Waals surface area (Å²) in [7, 11) is 0. The average Bonchev–Trinajstić information content (AvgIpc) is 2.33. The van der Waals surface area contributed by atoms with E-state index in [1.165, 1.54) is 19.3 Å². The number of hydrogen-bond donors (Lipinski definition) is 1. The van der Waals surface area contributed by atoms with Crippen molar-refractivity contribution in [2.45, 2.75) is 52.1 Å². The lowest BCUT2D eigenvalue weighted by molar-refractivity contribution is 0.154. The van der Waals surface area contributed by atoms with E-state index in [9.17, 15) is 5.11 Å². The molecule has 0 heterocycles. The highest BCUT2D eigenvalue weighted by Crippen LogP contribution is 2.43. The second-order valence-corrected chi connectivity index (χ2v) is 3.60. The minimum Gasteiger partial charge on any atom is -0.393 e. The van der Waals surface area contributed by atoms with Gasteiger partial charge in [0, 0.05) is 0 Å². The van der Waals surface area contributed by atoms with Gasteiger partial charge in [-0.3, -0.25) is 0 Å². The van der Waals surface area contributed by atoms with Crippen LogP contribution in [-0.2, 0) is 0 Å². The number of aliphatic hydroxyl groups excluding tert-OH is 1. The molecule has 1 aliphatic rings. The Labute approximate surface area is 63.4 Å². The zero-order valence-electron chi connectivity index (χ0n) is 7.06. The van der Waals surface area contributed by atoms with E-state index in [2.05, 4.69) is 13.8 Å². The molecule has 0 aromatic rings. The average molecular weight is 142 g/mol. The number of rotatable bonds is 2. The van der Waals surface area contributed by atoms with Gasteiger partial charge < -0.3 is 5.11 Å². The van der Waals surface area contributed by atoms with Gasteiger partial charge in [0.1, 0.15) is 0 Å². The molecule has 0 aromatic heterocycles. The molecule has 0 saturated heterocycles. The van der Waals surface area contributed by atoms with E-state index >= 15 is 0 Å². The van der Waals surface area contributed by atoms with Crippen LogP contribution in [0.1, 0.15) is 46.0 Å². The molecule has 60 valence electrons. The fourth-order valence-electron chi connectivity index (χ4n) is 2.07. The van der Waals surface area contributed by atoms with Crippen LogP contribution in [0.15, 0.2) is 0 Å². The predicted octanol–water partition coefficient (Wildman–Crippen LogP) is 2.34. The summed E-state index contributed by atoms with van der Waals surface area (Å²) in [5.74, 6) is 0. The lowest BCUT2D eigenvalue weighted by atomic mass is 9.81. The summed E-state index contributed by atoms with van der Waals surface area (Å²) in [6, 6.07) is 0. The van der Waals surface area contributed by atoms with Gasteiger partial charge in [0.2, 0.25) is 0 Å². The third-order valence-corrected chi connectivity index (χ3v) is 3.18. The Hall–Kier alpha value is -0.0400. The topological polar surface area (TPSA) is 20.2 Å². The van der Waals surface area contributed by atoms with Crippen molar-refractivity contribution in [3.8, 4) is 0 Å². The van der Waals surface area contributed by atoms with E-state index in [0.29, 0.717) is 5.41 Å². The quantitative estimate of drug-likeness (QED) is 0.627. The maximum absolute atomic E-state index is 9.33. The first kappa shape index (κ1) is 8.06. The molecule has 1 fully saturated rings. The van der Waals surface area contributed by atoms with Gasteiger partial charge in [0.25, 0.3) is 0 Å². The molecule has 0 spiro atoms. The summed E-state index contributed by atoms with van der Waals surface area (Å²) in [4.78, 5) is 0. The highest BCUT2D eigenvalue weighted by atomic mass is 16.3. The smallest absolute Gasteiger partial charge is 0.0545 e. The van der Waals surface area contributed by atoms with Crippen molar-refractivity contribution in [3.63, 3.8) is 0 Å². The summed E-state index contributed by atoms with van der Waals surface area (Å²) in [5, 5.41) is 9.33. The van der Waals surface area contributed by atoms with Crippen LogP contribution < -0.4 is 0 Å². The summed E-state index contributed by atoms with van der Waals surface area (Å²) >= 11 is 0. The van der Waals surface area contributed by atoms with E-state index < -0.39 is 0 Å². The summed E-state index contributed by atoms with van der Waals surface area (Å²) in [6.45, 7) is 4.48. The Morgan fingerprint density at radius 2 is 2.00 bits per heavy atom. The first-order valence-electron chi connectivity index (χ1n) is 4.40. The van der Waals surface area contributed by atoms with Gasteiger partial charge in [-0.2, -0.15) is 0 Å². The standard InChI is InChI=1S/C9H18O/c1-3-9(4-2)6-5-8(10)7-9/h8,10H,3-7H2,1-2H3/t8-/m1/s1. The molecule has 1 N–H and O–H groups in total. The van der Waals surface area contributed by atoms with Crippen LogP contribution in [0.3, 0.4) is 0 Å². The van der Waals surface area contributed by atoms with Crippen molar-refractivity contribution in [2.24, 2.45) is 5.41 Å². The van der Waals surface area contributed by atoms with Crippen LogP contribution in [0.25, 0.3) is 0 Å². The molecule has 1 nitrogen and oxygen atoms in total. The Morgan fingerprint density at radius 1 is 1.40 bits per heavy atom. The minimum atomic E-state index is -0.0000926. The molecule has 1 heteroatoms. The van der Waals surface area contributed by atoms with Gasteiger partial charge >= 0.3 is 0 Å². The van der Waals surface area contributed by atoms with E-state index in [1.807, 2.05) is 0 Å². The molecule has 0 aromatic carbocycles. The summed E-state index contributed by atoms with van der Waals surface area (Å²) < 4.78 is 0. The van der Waals surface area contributed by atoms with Crippen LogP contribution in [0.2, 0.25) is 0 Å². The Bertz CT molecular complexity index is 105. The Balaban J connectivity index is 2.51. The monoisotopic (exact) mass is 142 g/mol. The molecule has 0 unspecified atom stereocenters. The first-order chi connectivity index (χ1) is 4.72. The molecule has 0 aliphatic heterocycles. The molecular formula is C9H18O. The van der Waals surface area contributed by atoms with Gasteiger partial charge in [-0.15, -0.1) is 0 Å². The molecule has 0 radical (unpaired) electrons. The van der Waals surface area contributed by atoms with Crippen molar-refractivity contribution in [1.29, 1.82) is 0 Å². The van der Waals surface area contributed by atoms with Crippen LogP contribution >= 0.6 is 0 Å². The molecule has 1 saturated carbocycles. The Morgan fingerprint density at radius 3 is 2.20 bits per heavy atom. The van der Waals surface area contributed by atoms with Crippen LogP contribution in [0, 0.1) is 5.41 Å². The molecule has 1 rings (SSSR count). The highest BCUT2D eigenvalue weighted by Gasteiger charge is 2.34. The van der Waals surface area contributed by atoms with Gasteiger partial charge in [0.05, 0.1) is 6.10 Å². The minimum absolute atomic E-state index is 0.0000926. The van der Waals surface area contributed by atoms with Gasteiger partial charge in [-0.1, -0.05) is 26.7 Å². The van der Waals surface area contributed by atoms with Crippen molar-refractivity contribution in [2.75, 3.05) is 0 Å². The fourth-order valence-corrected chi connectivity index (χ4v) is 2.07. The van der Waals surface area contributed by atoms with Crippen molar-refractivity contribution in [1.82, 2.24) is 0 Å². The van der Waals surface area contributed by atoms with Gasteiger partial charge in [-0.05, 0) is 24.7 Å². The Kier molecular flexibility index (Phi) is 2.35. The van der Waals surface area contributed by atoms with Crippen LogP contribution in [-0.4, -0.2) is 11.2 Å². The number of aliphatic hydroxyl groups is 1. The zero-order chi connectivity index (χ0) is 7.61. The number of hydrogen-bond acceptors (Lipinski definition) is 1. The fraction of sp³-hybridized carbons (Fsp3) is 1.00. The lowest BCUT2D eigenvalue weighted by Crippen LogP contribution is -2.15. The second-order valence-electron chi connectivity index (χ2n) is 3.60. The predicted molar refractivity (Wildman–Crippen MR) is 42.9 cm³/mol. The molecule has 1 aliphatic carbocycles. The van der Waals surface area contributed by atoms with Crippen molar-refractivity contribution in [3.05, 3.63) is 0 Å². The van der Waals surface area contributed by atoms with Crippen LogP contribution in [0.5, 0.6) is 0 Å². The molecule has 0 bridgehead atoms. The molecule has 10 heavy (non-hydrogen) atoms. The largest absolute Gasteiger partial charge is 0.393 e. The highest BCUT2D eigenvalue weighted by molar-refractivity contribution is 4.86. The SMILES string of the molecule is CCC1(CC)CC[C@@H](O)C1. The third kappa shape index (κ3) is 1.34. The second kappa shape index (κ2) is 2.91. The normalized spacial score (nSPS) is 30.9. The van der Waals surface area contributed by atoms with Crippen LogP contribution in [0.4, 0.5) is 0 Å².